The van der Waals surface area contributed by atoms with Crippen LogP contribution in [0.3, 0.4) is 0 Å². The third-order valence-electron chi connectivity index (χ3n) is 2.89. The molecule has 0 radical (unpaired) electrons. The minimum absolute atomic E-state index is 0.168. The number of hydrogen-bond donors (Lipinski definition) is 1. The first-order valence-electron chi connectivity index (χ1n) is 6.61. The summed E-state index contributed by atoms with van der Waals surface area (Å²) in [5, 5.41) is 3.38. The van der Waals surface area contributed by atoms with Crippen molar-refractivity contribution >= 4 is 11.3 Å². The number of aryl methyl sites for hydroxylation is 1. The third-order valence-corrected chi connectivity index (χ3v) is 3.98. The molecule has 3 nitrogen and oxygen atoms in total. The number of furan rings is 1. The highest BCUT2D eigenvalue weighted by molar-refractivity contribution is 7.15. The standard InChI is InChI=1S/C14H17F3N2OS/c1-8(2)6-18-7-11-12(14(15,16)17)19-13(21-11)10-4-5-20-9(10)3/h4-5,8,18H,6-7H2,1-3H3. The Hall–Kier alpha value is -1.34. The Morgan fingerprint density at radius 2 is 2.10 bits per heavy atom. The summed E-state index contributed by atoms with van der Waals surface area (Å²) in [6, 6.07) is 1.64. The average Bonchev–Trinajstić information content (AvgIpc) is 2.94. The van der Waals surface area contributed by atoms with Crippen LogP contribution >= 0.6 is 11.3 Å². The molecule has 0 aliphatic heterocycles. The lowest BCUT2D eigenvalue weighted by molar-refractivity contribution is -0.141. The molecule has 2 aromatic heterocycles. The normalized spacial score (nSPS) is 12.3. The van der Waals surface area contributed by atoms with E-state index >= 15 is 0 Å². The zero-order valence-corrected chi connectivity index (χ0v) is 12.9. The molecule has 116 valence electrons. The van der Waals surface area contributed by atoms with Crippen LogP contribution in [0.4, 0.5) is 13.2 Å². The summed E-state index contributed by atoms with van der Waals surface area (Å²) >= 11 is 1.06. The summed E-state index contributed by atoms with van der Waals surface area (Å²) in [5.41, 5.74) is -0.194. The van der Waals surface area contributed by atoms with Crippen LogP contribution in [0, 0.1) is 12.8 Å². The molecule has 21 heavy (non-hydrogen) atoms. The molecule has 0 saturated heterocycles. The maximum Gasteiger partial charge on any atom is 0.434 e. The first kappa shape index (κ1) is 16.0. The van der Waals surface area contributed by atoms with E-state index in [1.165, 1.54) is 6.26 Å². The average molecular weight is 318 g/mol. The van der Waals surface area contributed by atoms with E-state index in [1.54, 1.807) is 13.0 Å². The lowest BCUT2D eigenvalue weighted by Crippen LogP contribution is -2.20. The molecule has 0 fully saturated rings. The van der Waals surface area contributed by atoms with E-state index in [9.17, 15) is 13.2 Å². The molecule has 2 heterocycles. The molecule has 2 rings (SSSR count). The first-order chi connectivity index (χ1) is 9.79. The van der Waals surface area contributed by atoms with Gasteiger partial charge in [0, 0.05) is 6.54 Å². The SMILES string of the molecule is Cc1occc1-c1nc(C(F)(F)F)c(CNCC(C)C)s1. The molecular weight excluding hydrogens is 301 g/mol. The van der Waals surface area contributed by atoms with E-state index in [0.29, 0.717) is 28.8 Å². The summed E-state index contributed by atoms with van der Waals surface area (Å²) in [5.74, 6) is 0.946. The highest BCUT2D eigenvalue weighted by Crippen LogP contribution is 2.38. The van der Waals surface area contributed by atoms with Crippen molar-refractivity contribution in [2.45, 2.75) is 33.5 Å². The Morgan fingerprint density at radius 3 is 2.62 bits per heavy atom. The molecule has 0 atom stereocenters. The van der Waals surface area contributed by atoms with Crippen molar-refractivity contribution in [3.63, 3.8) is 0 Å². The molecule has 0 aromatic carbocycles. The lowest BCUT2D eigenvalue weighted by Gasteiger charge is -2.08. The number of hydrogen-bond acceptors (Lipinski definition) is 4. The predicted octanol–water partition coefficient (Wildman–Crippen LogP) is 4.48. The van der Waals surface area contributed by atoms with Gasteiger partial charge < -0.3 is 9.73 Å². The van der Waals surface area contributed by atoms with E-state index in [1.807, 2.05) is 13.8 Å². The van der Waals surface area contributed by atoms with Crippen LogP contribution < -0.4 is 5.32 Å². The molecule has 0 amide bonds. The van der Waals surface area contributed by atoms with Crippen LogP contribution in [-0.2, 0) is 12.7 Å². The molecule has 7 heteroatoms. The van der Waals surface area contributed by atoms with Gasteiger partial charge in [-0.3, -0.25) is 0 Å². The Labute approximate surface area is 125 Å². The largest absolute Gasteiger partial charge is 0.469 e. The van der Waals surface area contributed by atoms with Gasteiger partial charge in [0.25, 0.3) is 0 Å². The van der Waals surface area contributed by atoms with Gasteiger partial charge in [-0.15, -0.1) is 11.3 Å². The molecule has 0 bridgehead atoms. The number of alkyl halides is 3. The number of nitrogens with one attached hydrogen (secondary N) is 1. The van der Waals surface area contributed by atoms with Gasteiger partial charge in [-0.2, -0.15) is 13.2 Å². The van der Waals surface area contributed by atoms with E-state index in [-0.39, 0.29) is 11.4 Å². The second kappa shape index (κ2) is 6.19. The fraction of sp³-hybridized carbons (Fsp3) is 0.500. The molecular formula is C14H17F3N2OS. The predicted molar refractivity (Wildman–Crippen MR) is 76.1 cm³/mol. The van der Waals surface area contributed by atoms with Gasteiger partial charge in [0.2, 0.25) is 0 Å². The van der Waals surface area contributed by atoms with Crippen LogP contribution in [0.25, 0.3) is 10.6 Å². The molecule has 2 aromatic rings. The Morgan fingerprint density at radius 1 is 1.38 bits per heavy atom. The lowest BCUT2D eigenvalue weighted by atomic mass is 10.2. The number of aromatic nitrogens is 1. The summed E-state index contributed by atoms with van der Waals surface area (Å²) in [4.78, 5) is 3.98. The van der Waals surface area contributed by atoms with Gasteiger partial charge in [-0.25, -0.2) is 4.98 Å². The van der Waals surface area contributed by atoms with Crippen molar-refractivity contribution in [3.8, 4) is 10.6 Å². The molecule has 0 spiro atoms. The van der Waals surface area contributed by atoms with Crippen LogP contribution in [0.1, 0.15) is 30.2 Å². The van der Waals surface area contributed by atoms with E-state index in [2.05, 4.69) is 10.3 Å². The summed E-state index contributed by atoms with van der Waals surface area (Å²) in [6.07, 6.45) is -2.99. The van der Waals surface area contributed by atoms with Gasteiger partial charge in [0.1, 0.15) is 10.8 Å². The third kappa shape index (κ3) is 3.85. The maximum atomic E-state index is 13.1. The fourth-order valence-corrected chi connectivity index (χ4v) is 3.01. The number of nitrogens with zero attached hydrogens (tertiary/aromatic N) is 1. The van der Waals surface area contributed by atoms with Gasteiger partial charge in [-0.05, 0) is 25.5 Å². The number of halogens is 3. The van der Waals surface area contributed by atoms with Crippen molar-refractivity contribution in [1.82, 2.24) is 10.3 Å². The second-order valence-electron chi connectivity index (χ2n) is 5.20. The van der Waals surface area contributed by atoms with Crippen LogP contribution in [0.5, 0.6) is 0 Å². The molecule has 0 aliphatic rings. The maximum absolute atomic E-state index is 13.1. The number of thiazole rings is 1. The van der Waals surface area contributed by atoms with Crippen molar-refractivity contribution in [1.29, 1.82) is 0 Å². The van der Waals surface area contributed by atoms with Gasteiger partial charge in [-0.1, -0.05) is 13.8 Å². The molecule has 0 unspecified atom stereocenters. The Kier molecular flexibility index (Phi) is 4.73. The first-order valence-corrected chi connectivity index (χ1v) is 7.42. The Bertz CT molecular complexity index is 602. The van der Waals surface area contributed by atoms with Crippen LogP contribution in [-0.4, -0.2) is 11.5 Å². The molecule has 0 aliphatic carbocycles. The topological polar surface area (TPSA) is 38.1 Å². The quantitative estimate of drug-likeness (QED) is 0.883. The minimum atomic E-state index is -4.44. The van der Waals surface area contributed by atoms with Crippen LogP contribution in [0.15, 0.2) is 16.7 Å². The van der Waals surface area contributed by atoms with E-state index in [4.69, 9.17) is 4.42 Å². The fourth-order valence-electron chi connectivity index (χ4n) is 1.89. The van der Waals surface area contributed by atoms with Gasteiger partial charge in [0.05, 0.1) is 16.7 Å². The second-order valence-corrected chi connectivity index (χ2v) is 6.29. The zero-order valence-electron chi connectivity index (χ0n) is 12.0. The highest BCUT2D eigenvalue weighted by atomic mass is 32.1. The monoisotopic (exact) mass is 318 g/mol. The van der Waals surface area contributed by atoms with Gasteiger partial charge in [0.15, 0.2) is 5.69 Å². The van der Waals surface area contributed by atoms with Crippen molar-refractivity contribution < 1.29 is 17.6 Å². The summed E-state index contributed by atoms with van der Waals surface area (Å²) < 4.78 is 44.4. The van der Waals surface area contributed by atoms with E-state index in [0.717, 1.165) is 11.3 Å². The van der Waals surface area contributed by atoms with Gasteiger partial charge >= 0.3 is 6.18 Å². The molecule has 1 N–H and O–H groups in total. The van der Waals surface area contributed by atoms with Crippen LogP contribution in [0.2, 0.25) is 0 Å². The zero-order chi connectivity index (χ0) is 15.6. The highest BCUT2D eigenvalue weighted by Gasteiger charge is 2.37. The van der Waals surface area contributed by atoms with Crippen molar-refractivity contribution in [3.05, 3.63) is 28.7 Å². The van der Waals surface area contributed by atoms with Crippen molar-refractivity contribution in [2.24, 2.45) is 5.92 Å². The number of rotatable bonds is 5. The smallest absolute Gasteiger partial charge is 0.434 e. The summed E-state index contributed by atoms with van der Waals surface area (Å²) in [7, 11) is 0. The Balaban J connectivity index is 2.30. The van der Waals surface area contributed by atoms with E-state index < -0.39 is 11.9 Å². The van der Waals surface area contributed by atoms with Crippen molar-refractivity contribution in [2.75, 3.05) is 6.54 Å². The summed E-state index contributed by atoms with van der Waals surface area (Å²) in [6.45, 7) is 6.55. The minimum Gasteiger partial charge on any atom is -0.469 e. The molecule has 0 saturated carbocycles.